The Kier molecular flexibility index (Phi) is 5.36. The second-order valence-electron chi connectivity index (χ2n) is 4.75. The van der Waals surface area contributed by atoms with Gasteiger partial charge in [0.15, 0.2) is 9.84 Å². The van der Waals surface area contributed by atoms with E-state index >= 15 is 0 Å². The number of hydrogen-bond donors (Lipinski definition) is 1. The van der Waals surface area contributed by atoms with Crippen molar-refractivity contribution in [1.82, 2.24) is 5.32 Å². The third-order valence-corrected chi connectivity index (χ3v) is 4.10. The van der Waals surface area contributed by atoms with Gasteiger partial charge in [0.25, 0.3) is 0 Å². The molecule has 1 N–H and O–H groups in total. The highest BCUT2D eigenvalue weighted by atomic mass is 32.2. The minimum Gasteiger partial charge on any atom is -0.492 e. The fourth-order valence-corrected chi connectivity index (χ4v) is 2.48. The van der Waals surface area contributed by atoms with Crippen LogP contribution in [-0.2, 0) is 16.4 Å². The zero-order valence-electron chi connectivity index (χ0n) is 12.0. The first-order valence-electron chi connectivity index (χ1n) is 6.73. The number of benzene rings is 2. The van der Waals surface area contributed by atoms with Crippen LogP contribution in [0.3, 0.4) is 0 Å². The molecule has 5 heteroatoms. The molecule has 0 unspecified atom stereocenters. The minimum absolute atomic E-state index is 0.303. The van der Waals surface area contributed by atoms with Crippen LogP contribution in [0, 0.1) is 0 Å². The van der Waals surface area contributed by atoms with Crippen LogP contribution in [0.5, 0.6) is 5.75 Å². The predicted molar refractivity (Wildman–Crippen MR) is 83.2 cm³/mol. The van der Waals surface area contributed by atoms with Crippen molar-refractivity contribution in [3.63, 3.8) is 0 Å². The molecule has 0 saturated heterocycles. The maximum Gasteiger partial charge on any atom is 0.175 e. The number of hydrogen-bond acceptors (Lipinski definition) is 4. The van der Waals surface area contributed by atoms with Crippen molar-refractivity contribution in [2.45, 2.75) is 11.4 Å². The molecule has 0 atom stereocenters. The van der Waals surface area contributed by atoms with Crippen molar-refractivity contribution in [2.24, 2.45) is 0 Å². The molecule has 0 heterocycles. The number of nitrogens with one attached hydrogen (secondary N) is 1. The molecule has 2 aromatic carbocycles. The molecule has 0 amide bonds. The van der Waals surface area contributed by atoms with Gasteiger partial charge in [0, 0.05) is 19.3 Å². The van der Waals surface area contributed by atoms with E-state index in [0.29, 0.717) is 17.3 Å². The van der Waals surface area contributed by atoms with Gasteiger partial charge in [-0.2, -0.15) is 0 Å². The van der Waals surface area contributed by atoms with Gasteiger partial charge in [-0.3, -0.25) is 0 Å². The molecule has 0 fully saturated rings. The van der Waals surface area contributed by atoms with E-state index in [1.807, 2.05) is 18.2 Å². The lowest BCUT2D eigenvalue weighted by Gasteiger charge is -2.08. The molecule has 4 nitrogen and oxygen atoms in total. The maximum absolute atomic E-state index is 11.3. The first kappa shape index (κ1) is 15.5. The Hall–Kier alpha value is -1.85. The Morgan fingerprint density at radius 1 is 1.00 bits per heavy atom. The van der Waals surface area contributed by atoms with Gasteiger partial charge in [-0.25, -0.2) is 8.42 Å². The van der Waals surface area contributed by atoms with Gasteiger partial charge < -0.3 is 10.1 Å². The minimum atomic E-state index is -3.15. The van der Waals surface area contributed by atoms with E-state index in [1.54, 1.807) is 24.3 Å². The summed E-state index contributed by atoms with van der Waals surface area (Å²) in [5.41, 5.74) is 1.23. The molecule has 0 radical (unpaired) electrons. The summed E-state index contributed by atoms with van der Waals surface area (Å²) < 4.78 is 28.2. The lowest BCUT2D eigenvalue weighted by Crippen LogP contribution is -2.20. The van der Waals surface area contributed by atoms with Crippen LogP contribution in [0.2, 0.25) is 0 Å². The summed E-state index contributed by atoms with van der Waals surface area (Å²) in [6.07, 6.45) is 1.19. The normalized spacial score (nSPS) is 11.3. The van der Waals surface area contributed by atoms with Crippen LogP contribution < -0.4 is 10.1 Å². The molecule has 112 valence electrons. The molecule has 2 aromatic rings. The Labute approximate surface area is 125 Å². The van der Waals surface area contributed by atoms with E-state index in [-0.39, 0.29) is 0 Å². The van der Waals surface area contributed by atoms with E-state index in [9.17, 15) is 8.42 Å². The van der Waals surface area contributed by atoms with E-state index < -0.39 is 9.84 Å². The summed E-state index contributed by atoms with van der Waals surface area (Å²) in [5, 5.41) is 3.29. The largest absolute Gasteiger partial charge is 0.492 e. The van der Waals surface area contributed by atoms with E-state index in [2.05, 4.69) is 17.4 Å². The second kappa shape index (κ2) is 7.24. The van der Waals surface area contributed by atoms with E-state index in [4.69, 9.17) is 4.74 Å². The molecular weight excluding hydrogens is 286 g/mol. The molecule has 0 bridgehead atoms. The summed E-state index contributed by atoms with van der Waals surface area (Å²) in [4.78, 5) is 0.303. The number of rotatable bonds is 7. The Morgan fingerprint density at radius 2 is 1.67 bits per heavy atom. The highest BCUT2D eigenvalue weighted by Gasteiger charge is 2.06. The highest BCUT2D eigenvalue weighted by Crippen LogP contribution is 2.15. The summed E-state index contributed by atoms with van der Waals surface area (Å²) in [6, 6.07) is 16.6. The summed E-state index contributed by atoms with van der Waals surface area (Å²) >= 11 is 0. The standard InChI is InChI=1S/C16H19NO3S/c1-21(18,19)16-9-7-15(8-10-16)20-12-11-17-13-14-5-3-2-4-6-14/h2-10,17H,11-13H2,1H3. The molecule has 0 aromatic heterocycles. The third-order valence-electron chi connectivity index (χ3n) is 2.97. The van der Waals surface area contributed by atoms with Gasteiger partial charge in [0.05, 0.1) is 4.90 Å². The van der Waals surface area contributed by atoms with Crippen molar-refractivity contribution in [3.05, 3.63) is 60.2 Å². The first-order valence-corrected chi connectivity index (χ1v) is 8.62. The molecule has 0 aliphatic carbocycles. The smallest absolute Gasteiger partial charge is 0.175 e. The van der Waals surface area contributed by atoms with Crippen LogP contribution in [0.25, 0.3) is 0 Å². The lowest BCUT2D eigenvalue weighted by atomic mass is 10.2. The molecule has 2 rings (SSSR count). The van der Waals surface area contributed by atoms with Gasteiger partial charge in [-0.1, -0.05) is 30.3 Å². The van der Waals surface area contributed by atoms with Crippen molar-refractivity contribution in [2.75, 3.05) is 19.4 Å². The van der Waals surface area contributed by atoms with Crippen LogP contribution in [-0.4, -0.2) is 27.8 Å². The molecule has 0 spiro atoms. The first-order chi connectivity index (χ1) is 10.1. The van der Waals surface area contributed by atoms with Gasteiger partial charge in [0.1, 0.15) is 12.4 Å². The van der Waals surface area contributed by atoms with Crippen LogP contribution in [0.4, 0.5) is 0 Å². The Bertz CT molecular complexity index is 652. The van der Waals surface area contributed by atoms with Gasteiger partial charge in [-0.05, 0) is 29.8 Å². The Balaban J connectivity index is 1.71. The molecule has 0 aliphatic rings. The molecular formula is C16H19NO3S. The fraction of sp³-hybridized carbons (Fsp3) is 0.250. The summed E-state index contributed by atoms with van der Waals surface area (Å²) in [6.45, 7) is 2.06. The van der Waals surface area contributed by atoms with E-state index in [0.717, 1.165) is 13.1 Å². The van der Waals surface area contributed by atoms with Crippen molar-refractivity contribution in [3.8, 4) is 5.75 Å². The van der Waals surface area contributed by atoms with Crippen LogP contribution >= 0.6 is 0 Å². The topological polar surface area (TPSA) is 55.4 Å². The lowest BCUT2D eigenvalue weighted by molar-refractivity contribution is 0.313. The molecule has 0 aliphatic heterocycles. The zero-order valence-corrected chi connectivity index (χ0v) is 12.8. The molecule has 0 saturated carbocycles. The Morgan fingerprint density at radius 3 is 2.29 bits per heavy atom. The second-order valence-corrected chi connectivity index (χ2v) is 6.77. The van der Waals surface area contributed by atoms with Crippen molar-refractivity contribution in [1.29, 1.82) is 0 Å². The monoisotopic (exact) mass is 305 g/mol. The average Bonchev–Trinajstić information content (AvgIpc) is 2.47. The predicted octanol–water partition coefficient (Wildman–Crippen LogP) is 2.26. The quantitative estimate of drug-likeness (QED) is 0.797. The van der Waals surface area contributed by atoms with Gasteiger partial charge >= 0.3 is 0 Å². The molecule has 21 heavy (non-hydrogen) atoms. The summed E-state index contributed by atoms with van der Waals surface area (Å²) in [5.74, 6) is 0.670. The summed E-state index contributed by atoms with van der Waals surface area (Å²) in [7, 11) is -3.15. The fourth-order valence-electron chi connectivity index (χ4n) is 1.85. The highest BCUT2D eigenvalue weighted by molar-refractivity contribution is 7.90. The van der Waals surface area contributed by atoms with Crippen LogP contribution in [0.1, 0.15) is 5.56 Å². The van der Waals surface area contributed by atoms with Crippen molar-refractivity contribution < 1.29 is 13.2 Å². The van der Waals surface area contributed by atoms with Gasteiger partial charge in [0.2, 0.25) is 0 Å². The third kappa shape index (κ3) is 5.21. The van der Waals surface area contributed by atoms with E-state index in [1.165, 1.54) is 11.8 Å². The maximum atomic E-state index is 11.3. The average molecular weight is 305 g/mol. The van der Waals surface area contributed by atoms with Crippen LogP contribution in [0.15, 0.2) is 59.5 Å². The zero-order chi connectivity index (χ0) is 15.1. The SMILES string of the molecule is CS(=O)(=O)c1ccc(OCCNCc2ccccc2)cc1. The number of sulfone groups is 1. The number of ether oxygens (including phenoxy) is 1. The van der Waals surface area contributed by atoms with Gasteiger partial charge in [-0.15, -0.1) is 0 Å². The van der Waals surface area contributed by atoms with Crippen molar-refractivity contribution >= 4 is 9.84 Å².